The summed E-state index contributed by atoms with van der Waals surface area (Å²) in [5.41, 5.74) is 0. The highest BCUT2D eigenvalue weighted by atomic mass is 15.0. The van der Waals surface area contributed by atoms with E-state index in [0.717, 1.165) is 25.3 Å². The lowest BCUT2D eigenvalue weighted by Gasteiger charge is -1.98. The molecule has 0 spiro atoms. The summed E-state index contributed by atoms with van der Waals surface area (Å²) in [6, 6.07) is 0. The Balaban J connectivity index is 2.47. The number of aromatic nitrogens is 2. The Morgan fingerprint density at radius 1 is 1.62 bits per heavy atom. The van der Waals surface area contributed by atoms with E-state index in [1.165, 1.54) is 0 Å². The van der Waals surface area contributed by atoms with Gasteiger partial charge in [0.25, 0.3) is 0 Å². The number of aryl methyl sites for hydroxylation is 1. The number of nitrogens with zero attached hydrogens (tertiary/aromatic N) is 2. The summed E-state index contributed by atoms with van der Waals surface area (Å²) in [7, 11) is 1.96. The summed E-state index contributed by atoms with van der Waals surface area (Å²) in [5, 5.41) is 3.10. The molecule has 0 bridgehead atoms. The highest BCUT2D eigenvalue weighted by Gasteiger charge is 1.93. The van der Waals surface area contributed by atoms with Crippen LogP contribution in [-0.2, 0) is 6.54 Å². The highest BCUT2D eigenvalue weighted by Crippen LogP contribution is 2.00. The van der Waals surface area contributed by atoms with Gasteiger partial charge in [-0.3, -0.25) is 0 Å². The fourth-order valence-electron chi connectivity index (χ4n) is 1.16. The van der Waals surface area contributed by atoms with Gasteiger partial charge in [0.2, 0.25) is 0 Å². The monoisotopic (exact) mass is 179 g/mol. The number of hydrogen-bond donors (Lipinski definition) is 1. The number of imidazole rings is 1. The second-order valence-corrected chi connectivity index (χ2v) is 2.87. The maximum absolute atomic E-state index is 4.24. The second-order valence-electron chi connectivity index (χ2n) is 2.87. The Morgan fingerprint density at radius 2 is 2.46 bits per heavy atom. The van der Waals surface area contributed by atoms with E-state index in [1.807, 2.05) is 19.4 Å². The first-order valence-corrected chi connectivity index (χ1v) is 4.70. The van der Waals surface area contributed by atoms with E-state index < -0.39 is 0 Å². The van der Waals surface area contributed by atoms with Gasteiger partial charge < -0.3 is 9.88 Å². The van der Waals surface area contributed by atoms with Gasteiger partial charge in [-0.15, -0.1) is 0 Å². The summed E-state index contributed by atoms with van der Waals surface area (Å²) in [6.07, 6.45) is 9.10. The van der Waals surface area contributed by atoms with Crippen LogP contribution in [-0.4, -0.2) is 23.1 Å². The molecule has 1 heterocycles. The van der Waals surface area contributed by atoms with E-state index in [0.29, 0.717) is 0 Å². The van der Waals surface area contributed by atoms with E-state index in [1.54, 1.807) is 0 Å². The average molecular weight is 179 g/mol. The molecule has 0 atom stereocenters. The highest BCUT2D eigenvalue weighted by molar-refractivity contribution is 5.40. The van der Waals surface area contributed by atoms with Gasteiger partial charge in [-0.25, -0.2) is 4.98 Å². The van der Waals surface area contributed by atoms with Crippen LogP contribution in [0.15, 0.2) is 18.5 Å². The molecule has 0 aliphatic rings. The molecular weight excluding hydrogens is 162 g/mol. The molecule has 72 valence electrons. The molecule has 0 aliphatic carbocycles. The number of rotatable bonds is 5. The largest absolute Gasteiger partial charge is 0.332 e. The number of hydrogen-bond acceptors (Lipinski definition) is 2. The van der Waals surface area contributed by atoms with Crippen molar-refractivity contribution in [2.75, 3.05) is 13.6 Å². The zero-order valence-electron chi connectivity index (χ0n) is 8.33. The molecule has 1 aromatic heterocycles. The summed E-state index contributed by atoms with van der Waals surface area (Å²) in [6.45, 7) is 4.11. The predicted octanol–water partition coefficient (Wildman–Crippen LogP) is 1.53. The van der Waals surface area contributed by atoms with Crippen LogP contribution >= 0.6 is 0 Å². The molecule has 0 fully saturated rings. The van der Waals surface area contributed by atoms with E-state index in [2.05, 4.69) is 33.9 Å². The molecule has 1 N–H and O–H groups in total. The Labute approximate surface area is 79.5 Å². The van der Waals surface area contributed by atoms with Crippen molar-refractivity contribution in [3.63, 3.8) is 0 Å². The lowest BCUT2D eigenvalue weighted by Crippen LogP contribution is -2.05. The standard InChI is InChI=1S/C10H17N3/c1-3-13-9-8-12-10(13)6-4-5-7-11-2/h4,6,8-9,11H,3,5,7H2,1-2H3. The summed E-state index contributed by atoms with van der Waals surface area (Å²) in [5.74, 6) is 1.04. The maximum Gasteiger partial charge on any atom is 0.132 e. The average Bonchev–Trinajstić information content (AvgIpc) is 2.60. The molecule has 13 heavy (non-hydrogen) atoms. The number of nitrogens with one attached hydrogen (secondary N) is 1. The van der Waals surface area contributed by atoms with Crippen LogP contribution in [0.3, 0.4) is 0 Å². The first-order valence-electron chi connectivity index (χ1n) is 4.70. The topological polar surface area (TPSA) is 29.9 Å². The summed E-state index contributed by atoms with van der Waals surface area (Å²) >= 11 is 0. The lowest BCUT2D eigenvalue weighted by atomic mass is 10.3. The summed E-state index contributed by atoms with van der Waals surface area (Å²) in [4.78, 5) is 4.24. The van der Waals surface area contributed by atoms with Gasteiger partial charge in [-0.1, -0.05) is 6.08 Å². The van der Waals surface area contributed by atoms with Crippen LogP contribution in [0.1, 0.15) is 19.2 Å². The zero-order chi connectivity index (χ0) is 9.52. The van der Waals surface area contributed by atoms with E-state index in [9.17, 15) is 0 Å². The quantitative estimate of drug-likeness (QED) is 0.695. The molecule has 3 heteroatoms. The Hall–Kier alpha value is -1.09. The SMILES string of the molecule is CCn1ccnc1C=CCCNC. The van der Waals surface area contributed by atoms with E-state index in [-0.39, 0.29) is 0 Å². The van der Waals surface area contributed by atoms with Gasteiger partial charge in [0, 0.05) is 18.9 Å². The molecule has 1 aromatic rings. The van der Waals surface area contributed by atoms with Gasteiger partial charge in [-0.05, 0) is 33.0 Å². The van der Waals surface area contributed by atoms with Crippen LogP contribution < -0.4 is 5.32 Å². The van der Waals surface area contributed by atoms with E-state index in [4.69, 9.17) is 0 Å². The van der Waals surface area contributed by atoms with Gasteiger partial charge in [0.05, 0.1) is 0 Å². The van der Waals surface area contributed by atoms with Crippen molar-refractivity contribution in [2.45, 2.75) is 19.9 Å². The predicted molar refractivity (Wildman–Crippen MR) is 55.5 cm³/mol. The normalized spacial score (nSPS) is 11.2. The third-order valence-electron chi connectivity index (χ3n) is 1.92. The molecule has 0 aromatic carbocycles. The molecule has 0 saturated carbocycles. The minimum Gasteiger partial charge on any atom is -0.332 e. The molecule has 1 rings (SSSR count). The van der Waals surface area contributed by atoms with Crippen LogP contribution in [0.2, 0.25) is 0 Å². The Bertz CT molecular complexity index is 263. The third-order valence-corrected chi connectivity index (χ3v) is 1.92. The fraction of sp³-hybridized carbons (Fsp3) is 0.500. The van der Waals surface area contributed by atoms with Crippen molar-refractivity contribution in [2.24, 2.45) is 0 Å². The van der Waals surface area contributed by atoms with Crippen LogP contribution in [0, 0.1) is 0 Å². The molecule has 0 saturated heterocycles. The van der Waals surface area contributed by atoms with Crippen LogP contribution in [0.4, 0.5) is 0 Å². The molecule has 0 amide bonds. The maximum atomic E-state index is 4.24. The van der Waals surface area contributed by atoms with Crippen molar-refractivity contribution in [1.82, 2.24) is 14.9 Å². The van der Waals surface area contributed by atoms with Crippen molar-refractivity contribution in [3.8, 4) is 0 Å². The van der Waals surface area contributed by atoms with Crippen LogP contribution in [0.25, 0.3) is 6.08 Å². The minimum absolute atomic E-state index is 0.978. The minimum atomic E-state index is 0.978. The second kappa shape index (κ2) is 5.54. The fourth-order valence-corrected chi connectivity index (χ4v) is 1.16. The van der Waals surface area contributed by atoms with Crippen molar-refractivity contribution in [3.05, 3.63) is 24.3 Å². The molecular formula is C10H17N3. The Kier molecular flexibility index (Phi) is 4.26. The third kappa shape index (κ3) is 3.03. The van der Waals surface area contributed by atoms with Gasteiger partial charge in [0.1, 0.15) is 5.82 Å². The molecule has 0 unspecified atom stereocenters. The van der Waals surface area contributed by atoms with Crippen molar-refractivity contribution >= 4 is 6.08 Å². The van der Waals surface area contributed by atoms with Gasteiger partial charge in [0.15, 0.2) is 0 Å². The smallest absolute Gasteiger partial charge is 0.132 e. The molecule has 0 aliphatic heterocycles. The summed E-state index contributed by atoms with van der Waals surface area (Å²) < 4.78 is 2.12. The molecule has 0 radical (unpaired) electrons. The van der Waals surface area contributed by atoms with Crippen molar-refractivity contribution in [1.29, 1.82) is 0 Å². The first-order chi connectivity index (χ1) is 6.38. The van der Waals surface area contributed by atoms with E-state index >= 15 is 0 Å². The first kappa shape index (κ1) is 9.99. The van der Waals surface area contributed by atoms with Crippen molar-refractivity contribution < 1.29 is 0 Å². The zero-order valence-corrected chi connectivity index (χ0v) is 8.33. The van der Waals surface area contributed by atoms with Gasteiger partial charge in [-0.2, -0.15) is 0 Å². The van der Waals surface area contributed by atoms with Gasteiger partial charge >= 0.3 is 0 Å². The Morgan fingerprint density at radius 3 is 3.15 bits per heavy atom. The van der Waals surface area contributed by atoms with Crippen LogP contribution in [0.5, 0.6) is 0 Å². The molecule has 3 nitrogen and oxygen atoms in total. The lowest BCUT2D eigenvalue weighted by molar-refractivity contribution is 0.751.